The van der Waals surface area contributed by atoms with Crippen LogP contribution < -0.4 is 5.48 Å². The zero-order valence-corrected chi connectivity index (χ0v) is 7.92. The van der Waals surface area contributed by atoms with Gasteiger partial charge in [-0.3, -0.25) is 9.63 Å². The summed E-state index contributed by atoms with van der Waals surface area (Å²) in [7, 11) is 0. The molecule has 13 heavy (non-hydrogen) atoms. The molecule has 0 atom stereocenters. The molecule has 74 valence electrons. The van der Waals surface area contributed by atoms with E-state index in [9.17, 15) is 4.79 Å². The summed E-state index contributed by atoms with van der Waals surface area (Å²) in [5.74, 6) is 0.710. The number of hydrogen-bond acceptors (Lipinski definition) is 2. The maximum absolute atomic E-state index is 11.2. The van der Waals surface area contributed by atoms with Crippen molar-refractivity contribution in [2.24, 2.45) is 5.92 Å². The van der Waals surface area contributed by atoms with Crippen LogP contribution in [0.2, 0.25) is 0 Å². The first-order valence-corrected chi connectivity index (χ1v) is 5.29. The van der Waals surface area contributed by atoms with E-state index in [1.54, 1.807) is 0 Å². The van der Waals surface area contributed by atoms with Crippen molar-refractivity contribution in [3.05, 3.63) is 0 Å². The standard InChI is InChI=1S/C10H17NO2/c12-10(7-8-5-6-8)11-13-9-3-1-2-4-9/h8-9H,1-7H2,(H,11,12). The van der Waals surface area contributed by atoms with Crippen molar-refractivity contribution in [1.82, 2.24) is 5.48 Å². The number of carbonyl (C=O) groups excluding carboxylic acids is 1. The molecule has 2 saturated carbocycles. The van der Waals surface area contributed by atoms with Gasteiger partial charge in [0.05, 0.1) is 6.10 Å². The Kier molecular flexibility index (Phi) is 2.83. The first kappa shape index (κ1) is 9.00. The van der Waals surface area contributed by atoms with Crippen LogP contribution in [0.1, 0.15) is 44.9 Å². The largest absolute Gasteiger partial charge is 0.273 e. The Bertz CT molecular complexity index is 183. The zero-order valence-electron chi connectivity index (χ0n) is 7.92. The number of nitrogens with one attached hydrogen (secondary N) is 1. The summed E-state index contributed by atoms with van der Waals surface area (Å²) in [6.45, 7) is 0. The minimum absolute atomic E-state index is 0.0643. The molecule has 0 aromatic heterocycles. The van der Waals surface area contributed by atoms with Gasteiger partial charge in [0.2, 0.25) is 5.91 Å². The van der Waals surface area contributed by atoms with Gasteiger partial charge in [-0.2, -0.15) is 0 Å². The van der Waals surface area contributed by atoms with Gasteiger partial charge in [0.15, 0.2) is 0 Å². The minimum atomic E-state index is 0.0643. The Labute approximate surface area is 78.8 Å². The fraction of sp³-hybridized carbons (Fsp3) is 0.900. The lowest BCUT2D eigenvalue weighted by Gasteiger charge is -2.10. The minimum Gasteiger partial charge on any atom is -0.273 e. The Morgan fingerprint density at radius 3 is 2.54 bits per heavy atom. The molecular weight excluding hydrogens is 166 g/mol. The van der Waals surface area contributed by atoms with E-state index in [1.165, 1.54) is 25.7 Å². The van der Waals surface area contributed by atoms with Gasteiger partial charge >= 0.3 is 0 Å². The number of carbonyl (C=O) groups is 1. The van der Waals surface area contributed by atoms with Crippen molar-refractivity contribution in [2.75, 3.05) is 0 Å². The second-order valence-corrected chi connectivity index (χ2v) is 4.20. The van der Waals surface area contributed by atoms with Crippen LogP contribution in [0.5, 0.6) is 0 Å². The van der Waals surface area contributed by atoms with Gasteiger partial charge in [-0.25, -0.2) is 5.48 Å². The molecule has 0 aliphatic heterocycles. The molecule has 0 aromatic carbocycles. The van der Waals surface area contributed by atoms with E-state index in [-0.39, 0.29) is 12.0 Å². The molecule has 0 aromatic rings. The molecule has 0 bridgehead atoms. The Hall–Kier alpha value is -0.570. The van der Waals surface area contributed by atoms with E-state index in [0.29, 0.717) is 12.3 Å². The average Bonchev–Trinajstić information content (AvgIpc) is 2.78. The van der Waals surface area contributed by atoms with Crippen LogP contribution in [-0.2, 0) is 9.63 Å². The summed E-state index contributed by atoms with van der Waals surface area (Å²) in [6.07, 6.45) is 8.06. The van der Waals surface area contributed by atoms with Crippen LogP contribution in [0.15, 0.2) is 0 Å². The molecule has 0 unspecified atom stereocenters. The molecule has 2 rings (SSSR count). The normalized spacial score (nSPS) is 23.4. The highest BCUT2D eigenvalue weighted by atomic mass is 16.7. The third-order valence-corrected chi connectivity index (χ3v) is 2.81. The van der Waals surface area contributed by atoms with Crippen molar-refractivity contribution in [1.29, 1.82) is 0 Å². The first-order chi connectivity index (χ1) is 6.34. The molecule has 1 N–H and O–H groups in total. The predicted octanol–water partition coefficient (Wildman–Crippen LogP) is 1.78. The smallest absolute Gasteiger partial charge is 0.243 e. The molecule has 2 aliphatic carbocycles. The average molecular weight is 183 g/mol. The Morgan fingerprint density at radius 1 is 1.23 bits per heavy atom. The fourth-order valence-electron chi connectivity index (χ4n) is 1.78. The monoisotopic (exact) mass is 183 g/mol. The van der Waals surface area contributed by atoms with E-state index in [0.717, 1.165) is 12.8 Å². The van der Waals surface area contributed by atoms with E-state index in [1.807, 2.05) is 0 Å². The predicted molar refractivity (Wildman–Crippen MR) is 48.8 cm³/mol. The molecule has 0 heterocycles. The Balaban J connectivity index is 1.57. The van der Waals surface area contributed by atoms with Crippen LogP contribution in [0.4, 0.5) is 0 Å². The van der Waals surface area contributed by atoms with Gasteiger partial charge in [-0.15, -0.1) is 0 Å². The summed E-state index contributed by atoms with van der Waals surface area (Å²) in [6, 6.07) is 0. The number of amides is 1. The van der Waals surface area contributed by atoms with E-state index >= 15 is 0 Å². The molecule has 0 spiro atoms. The third kappa shape index (κ3) is 2.99. The maximum atomic E-state index is 11.2. The van der Waals surface area contributed by atoms with E-state index in [2.05, 4.69) is 5.48 Å². The molecule has 0 saturated heterocycles. The van der Waals surface area contributed by atoms with Gasteiger partial charge in [-0.05, 0) is 31.6 Å². The molecule has 3 nitrogen and oxygen atoms in total. The van der Waals surface area contributed by atoms with Gasteiger partial charge in [0, 0.05) is 6.42 Å². The van der Waals surface area contributed by atoms with Crippen LogP contribution in [0, 0.1) is 5.92 Å². The van der Waals surface area contributed by atoms with Crippen LogP contribution in [-0.4, -0.2) is 12.0 Å². The molecule has 2 fully saturated rings. The second-order valence-electron chi connectivity index (χ2n) is 4.20. The summed E-state index contributed by atoms with van der Waals surface area (Å²) in [4.78, 5) is 16.5. The van der Waals surface area contributed by atoms with E-state index in [4.69, 9.17) is 4.84 Å². The van der Waals surface area contributed by atoms with E-state index < -0.39 is 0 Å². The van der Waals surface area contributed by atoms with Gasteiger partial charge in [-0.1, -0.05) is 12.8 Å². The van der Waals surface area contributed by atoms with Crippen molar-refractivity contribution in [3.8, 4) is 0 Å². The van der Waals surface area contributed by atoms with Crippen molar-refractivity contribution in [3.63, 3.8) is 0 Å². The quantitative estimate of drug-likeness (QED) is 0.675. The molecule has 1 amide bonds. The van der Waals surface area contributed by atoms with Crippen LogP contribution >= 0.6 is 0 Å². The Morgan fingerprint density at radius 2 is 1.92 bits per heavy atom. The highest BCUT2D eigenvalue weighted by Crippen LogP contribution is 2.32. The van der Waals surface area contributed by atoms with Gasteiger partial charge < -0.3 is 0 Å². The number of hydrogen-bond donors (Lipinski definition) is 1. The number of rotatable bonds is 4. The second kappa shape index (κ2) is 4.09. The lowest BCUT2D eigenvalue weighted by molar-refractivity contribution is -0.138. The topological polar surface area (TPSA) is 38.3 Å². The van der Waals surface area contributed by atoms with Crippen molar-refractivity contribution >= 4 is 5.91 Å². The summed E-state index contributed by atoms with van der Waals surface area (Å²) in [5, 5.41) is 0. The van der Waals surface area contributed by atoms with Gasteiger partial charge in [0.1, 0.15) is 0 Å². The lowest BCUT2D eigenvalue weighted by atomic mass is 10.3. The van der Waals surface area contributed by atoms with Crippen molar-refractivity contribution < 1.29 is 9.63 Å². The molecule has 0 radical (unpaired) electrons. The van der Waals surface area contributed by atoms with Crippen LogP contribution in [0.25, 0.3) is 0 Å². The maximum Gasteiger partial charge on any atom is 0.243 e. The highest BCUT2D eigenvalue weighted by molar-refractivity contribution is 5.75. The summed E-state index contributed by atoms with van der Waals surface area (Å²) < 4.78 is 0. The molecular formula is C10H17NO2. The highest BCUT2D eigenvalue weighted by Gasteiger charge is 2.25. The SMILES string of the molecule is O=C(CC1CC1)NOC1CCCC1. The molecule has 2 aliphatic rings. The zero-order chi connectivity index (χ0) is 9.10. The number of hydroxylamine groups is 1. The van der Waals surface area contributed by atoms with Crippen molar-refractivity contribution in [2.45, 2.75) is 51.0 Å². The fourth-order valence-corrected chi connectivity index (χ4v) is 1.78. The third-order valence-electron chi connectivity index (χ3n) is 2.81. The summed E-state index contributed by atoms with van der Waals surface area (Å²) >= 11 is 0. The van der Waals surface area contributed by atoms with Crippen LogP contribution in [0.3, 0.4) is 0 Å². The summed E-state index contributed by atoms with van der Waals surface area (Å²) in [5.41, 5.74) is 2.56. The lowest BCUT2D eigenvalue weighted by Crippen LogP contribution is -2.28. The van der Waals surface area contributed by atoms with Gasteiger partial charge in [0.25, 0.3) is 0 Å². The first-order valence-electron chi connectivity index (χ1n) is 5.29. The molecule has 3 heteroatoms.